The molecule has 1 aromatic carbocycles. The van der Waals surface area contributed by atoms with Crippen molar-refractivity contribution in [2.24, 2.45) is 0 Å². The van der Waals surface area contributed by atoms with Crippen LogP contribution in [0, 0.1) is 0 Å². The summed E-state index contributed by atoms with van der Waals surface area (Å²) in [6.07, 6.45) is 0. The summed E-state index contributed by atoms with van der Waals surface area (Å²) in [6, 6.07) is 7.75. The van der Waals surface area contributed by atoms with Crippen molar-refractivity contribution in [1.82, 2.24) is 10.2 Å². The van der Waals surface area contributed by atoms with Crippen LogP contribution in [0.15, 0.2) is 28.6 Å². The minimum absolute atomic E-state index is 0.0190. The van der Waals surface area contributed by atoms with Crippen molar-refractivity contribution in [2.45, 2.75) is 10.9 Å². The molecule has 2 rings (SSSR count). The Morgan fingerprint density at radius 3 is 3.00 bits per heavy atom. The molecule has 0 unspecified atom stereocenters. The fourth-order valence-corrected chi connectivity index (χ4v) is 2.97. The molecule has 0 atom stereocenters. The number of aliphatic carboxylic acids is 1. The standard InChI is InChI=1S/C12H13N3O3S2/c1-18-6-8-4-2-3-5-9(8)13-11-14-15-12(20-11)19-7-10(16)17/h2-5H,6-7H2,1H3,(H,13,14)(H,16,17). The molecular formula is C12H13N3O3S2. The van der Waals surface area contributed by atoms with Gasteiger partial charge in [-0.3, -0.25) is 4.79 Å². The predicted octanol–water partition coefficient (Wildman–Crippen LogP) is 2.60. The van der Waals surface area contributed by atoms with Gasteiger partial charge in [-0.1, -0.05) is 41.3 Å². The molecule has 0 fully saturated rings. The smallest absolute Gasteiger partial charge is 0.313 e. The van der Waals surface area contributed by atoms with Gasteiger partial charge in [0.05, 0.1) is 12.4 Å². The van der Waals surface area contributed by atoms with E-state index >= 15 is 0 Å². The summed E-state index contributed by atoms with van der Waals surface area (Å²) < 4.78 is 5.76. The molecule has 0 radical (unpaired) electrons. The first kappa shape index (κ1) is 14.8. The Labute approximate surface area is 124 Å². The number of aromatic nitrogens is 2. The summed E-state index contributed by atoms with van der Waals surface area (Å²) in [5.74, 6) is -0.889. The number of nitrogens with one attached hydrogen (secondary N) is 1. The number of rotatable bonds is 7. The molecule has 0 amide bonds. The normalized spacial score (nSPS) is 10.4. The molecule has 1 aromatic heterocycles. The van der Waals surface area contributed by atoms with Gasteiger partial charge in [0.25, 0.3) is 0 Å². The topological polar surface area (TPSA) is 84.3 Å². The second kappa shape index (κ2) is 7.22. The summed E-state index contributed by atoms with van der Waals surface area (Å²) in [7, 11) is 1.64. The van der Waals surface area contributed by atoms with Crippen LogP contribution in [0.3, 0.4) is 0 Å². The molecule has 0 spiro atoms. The van der Waals surface area contributed by atoms with E-state index in [9.17, 15) is 4.79 Å². The summed E-state index contributed by atoms with van der Waals surface area (Å²) in [5, 5.41) is 20.3. The van der Waals surface area contributed by atoms with Crippen LogP contribution < -0.4 is 5.32 Å². The third kappa shape index (κ3) is 4.19. The highest BCUT2D eigenvalue weighted by Gasteiger charge is 2.09. The van der Waals surface area contributed by atoms with Crippen LogP contribution >= 0.6 is 23.1 Å². The van der Waals surface area contributed by atoms with E-state index in [4.69, 9.17) is 9.84 Å². The SMILES string of the molecule is COCc1ccccc1Nc1nnc(SCC(=O)O)s1. The number of methoxy groups -OCH3 is 1. The van der Waals surface area contributed by atoms with Crippen LogP contribution in [0.4, 0.5) is 10.8 Å². The van der Waals surface area contributed by atoms with E-state index in [1.807, 2.05) is 24.3 Å². The van der Waals surface area contributed by atoms with Gasteiger partial charge in [-0.2, -0.15) is 0 Å². The van der Waals surface area contributed by atoms with Crippen LogP contribution in [-0.2, 0) is 16.1 Å². The molecule has 0 aliphatic rings. The number of anilines is 2. The number of carbonyl (C=O) groups is 1. The third-order valence-corrected chi connectivity index (χ3v) is 4.24. The van der Waals surface area contributed by atoms with Crippen molar-refractivity contribution in [1.29, 1.82) is 0 Å². The van der Waals surface area contributed by atoms with Crippen molar-refractivity contribution < 1.29 is 14.6 Å². The number of benzene rings is 1. The van der Waals surface area contributed by atoms with E-state index in [0.717, 1.165) is 23.0 Å². The molecular weight excluding hydrogens is 298 g/mol. The van der Waals surface area contributed by atoms with E-state index in [2.05, 4.69) is 15.5 Å². The Kier molecular flexibility index (Phi) is 5.33. The maximum atomic E-state index is 10.5. The van der Waals surface area contributed by atoms with Gasteiger partial charge in [0.1, 0.15) is 0 Å². The molecule has 0 bridgehead atoms. The Morgan fingerprint density at radius 1 is 1.45 bits per heavy atom. The van der Waals surface area contributed by atoms with Crippen molar-refractivity contribution in [2.75, 3.05) is 18.2 Å². The predicted molar refractivity (Wildman–Crippen MR) is 78.7 cm³/mol. The molecule has 0 saturated carbocycles. The zero-order valence-electron chi connectivity index (χ0n) is 10.7. The average Bonchev–Trinajstić information content (AvgIpc) is 2.87. The van der Waals surface area contributed by atoms with Crippen molar-refractivity contribution in [3.8, 4) is 0 Å². The van der Waals surface area contributed by atoms with E-state index in [1.54, 1.807) is 7.11 Å². The van der Waals surface area contributed by atoms with Gasteiger partial charge in [0, 0.05) is 18.4 Å². The summed E-state index contributed by atoms with van der Waals surface area (Å²) in [6.45, 7) is 0.503. The maximum Gasteiger partial charge on any atom is 0.313 e. The molecule has 2 N–H and O–H groups in total. The van der Waals surface area contributed by atoms with Crippen LogP contribution in [-0.4, -0.2) is 34.1 Å². The molecule has 2 aromatic rings. The van der Waals surface area contributed by atoms with Crippen molar-refractivity contribution >= 4 is 39.9 Å². The monoisotopic (exact) mass is 311 g/mol. The molecule has 0 aliphatic carbocycles. The van der Waals surface area contributed by atoms with Gasteiger partial charge in [0.2, 0.25) is 5.13 Å². The zero-order valence-corrected chi connectivity index (χ0v) is 12.3. The lowest BCUT2D eigenvalue weighted by molar-refractivity contribution is -0.133. The number of nitrogens with zero attached hydrogens (tertiary/aromatic N) is 2. The number of hydrogen-bond donors (Lipinski definition) is 2. The Balaban J connectivity index is 2.05. The first-order chi connectivity index (χ1) is 9.69. The molecule has 8 heteroatoms. The zero-order chi connectivity index (χ0) is 14.4. The molecule has 20 heavy (non-hydrogen) atoms. The molecule has 6 nitrogen and oxygen atoms in total. The summed E-state index contributed by atoms with van der Waals surface area (Å²) >= 11 is 2.48. The fraction of sp³-hybridized carbons (Fsp3) is 0.250. The van der Waals surface area contributed by atoms with Gasteiger partial charge < -0.3 is 15.2 Å². The van der Waals surface area contributed by atoms with Crippen molar-refractivity contribution in [3.63, 3.8) is 0 Å². The van der Waals surface area contributed by atoms with Gasteiger partial charge in [-0.15, -0.1) is 10.2 Å². The Bertz CT molecular complexity index is 589. The fourth-order valence-electron chi connectivity index (χ4n) is 1.48. The van der Waals surface area contributed by atoms with Gasteiger partial charge >= 0.3 is 5.97 Å². The maximum absolute atomic E-state index is 10.5. The highest BCUT2D eigenvalue weighted by molar-refractivity contribution is 8.01. The van der Waals surface area contributed by atoms with E-state index in [0.29, 0.717) is 16.1 Å². The summed E-state index contributed by atoms with van der Waals surface area (Å²) in [5.41, 5.74) is 1.92. The second-order valence-corrected chi connectivity index (χ2v) is 5.97. The van der Waals surface area contributed by atoms with Crippen LogP contribution in [0.1, 0.15) is 5.56 Å². The Morgan fingerprint density at radius 2 is 2.25 bits per heavy atom. The molecule has 0 saturated heterocycles. The number of hydrogen-bond acceptors (Lipinski definition) is 7. The highest BCUT2D eigenvalue weighted by Crippen LogP contribution is 2.28. The first-order valence-corrected chi connectivity index (χ1v) is 7.51. The average molecular weight is 311 g/mol. The first-order valence-electron chi connectivity index (χ1n) is 5.71. The summed E-state index contributed by atoms with van der Waals surface area (Å²) in [4.78, 5) is 10.5. The second-order valence-electron chi connectivity index (χ2n) is 3.77. The molecule has 1 heterocycles. The lowest BCUT2D eigenvalue weighted by Crippen LogP contribution is -1.96. The third-order valence-electron chi connectivity index (χ3n) is 2.28. The number of thioether (sulfide) groups is 1. The number of carboxylic acids is 1. The minimum Gasteiger partial charge on any atom is -0.481 e. The molecule has 106 valence electrons. The number of ether oxygens (including phenoxy) is 1. The van der Waals surface area contributed by atoms with E-state index in [-0.39, 0.29) is 5.75 Å². The van der Waals surface area contributed by atoms with Gasteiger partial charge in [0.15, 0.2) is 4.34 Å². The quantitative estimate of drug-likeness (QED) is 0.760. The number of para-hydroxylation sites is 1. The minimum atomic E-state index is -0.870. The van der Waals surface area contributed by atoms with Gasteiger partial charge in [-0.05, 0) is 6.07 Å². The Hall–Kier alpha value is -1.64. The lowest BCUT2D eigenvalue weighted by Gasteiger charge is -2.08. The van der Waals surface area contributed by atoms with Crippen LogP contribution in [0.5, 0.6) is 0 Å². The van der Waals surface area contributed by atoms with E-state index in [1.165, 1.54) is 11.3 Å². The lowest BCUT2D eigenvalue weighted by atomic mass is 10.2. The molecule has 0 aliphatic heterocycles. The number of carboxylic acid groups (broad SMARTS) is 1. The largest absolute Gasteiger partial charge is 0.481 e. The highest BCUT2D eigenvalue weighted by atomic mass is 32.2. The van der Waals surface area contributed by atoms with E-state index < -0.39 is 5.97 Å². The van der Waals surface area contributed by atoms with Crippen LogP contribution in [0.25, 0.3) is 0 Å². The van der Waals surface area contributed by atoms with Crippen molar-refractivity contribution in [3.05, 3.63) is 29.8 Å². The van der Waals surface area contributed by atoms with Crippen LogP contribution in [0.2, 0.25) is 0 Å². The van der Waals surface area contributed by atoms with Gasteiger partial charge in [-0.25, -0.2) is 0 Å².